The van der Waals surface area contributed by atoms with Crippen molar-refractivity contribution in [2.75, 3.05) is 27.4 Å². The molecule has 0 unspecified atom stereocenters. The first-order valence-electron chi connectivity index (χ1n) is 11.4. The molecule has 0 aromatic heterocycles. The van der Waals surface area contributed by atoms with Gasteiger partial charge in [0, 0.05) is 5.70 Å². The predicted octanol–water partition coefficient (Wildman–Crippen LogP) is 1.92. The average Bonchev–Trinajstić information content (AvgIpc) is 2.88. The summed E-state index contributed by atoms with van der Waals surface area (Å²) in [4.78, 5) is 24.4. The molecule has 0 radical (unpaired) electrons. The second-order valence-corrected chi connectivity index (χ2v) is 7.85. The lowest BCUT2D eigenvalue weighted by atomic mass is 9.95. The number of carbonyl (C=O) groups excluding carboxylic acids is 2. The predicted molar refractivity (Wildman–Crippen MR) is 134 cm³/mol. The van der Waals surface area contributed by atoms with E-state index in [0.29, 0.717) is 40.7 Å². The van der Waals surface area contributed by atoms with Gasteiger partial charge in [-0.15, -0.1) is 0 Å². The van der Waals surface area contributed by atoms with Gasteiger partial charge in [0.2, 0.25) is 0 Å². The second kappa shape index (κ2) is 12.5. The molecule has 1 heterocycles. The van der Waals surface area contributed by atoms with Gasteiger partial charge in [0.15, 0.2) is 29.2 Å². The normalized spacial score (nSPS) is 16.0. The van der Waals surface area contributed by atoms with Crippen LogP contribution < -0.4 is 30.3 Å². The number of phenolic OH excluding ortho intramolecular Hbond substituents is 1. The molecule has 0 spiro atoms. The lowest BCUT2D eigenvalue weighted by Crippen LogP contribution is -2.45. The number of hydrazone groups is 1. The molecule has 1 aliphatic rings. The Morgan fingerprint density at radius 1 is 1.16 bits per heavy atom. The molecule has 2 amide bonds. The summed E-state index contributed by atoms with van der Waals surface area (Å²) in [5.41, 5.74) is 4.43. The number of benzene rings is 2. The van der Waals surface area contributed by atoms with Gasteiger partial charge in [0.25, 0.3) is 0 Å². The molecule has 1 aliphatic heterocycles. The number of ether oxygens (including phenoxy) is 4. The summed E-state index contributed by atoms with van der Waals surface area (Å²) in [5.74, 6) is 0.440. The number of methoxy groups -OCH3 is 2. The fourth-order valence-corrected chi connectivity index (χ4v) is 3.59. The van der Waals surface area contributed by atoms with Crippen molar-refractivity contribution in [3.8, 4) is 23.0 Å². The van der Waals surface area contributed by atoms with Crippen LogP contribution in [0.1, 0.15) is 31.0 Å². The molecule has 0 bridgehead atoms. The molecule has 0 saturated carbocycles. The number of amides is 2. The molecule has 0 aliphatic carbocycles. The van der Waals surface area contributed by atoms with Gasteiger partial charge in [-0.2, -0.15) is 5.10 Å². The number of phenols is 1. The van der Waals surface area contributed by atoms with Crippen LogP contribution in [0, 0.1) is 0 Å². The molecule has 198 valence electrons. The summed E-state index contributed by atoms with van der Waals surface area (Å²) in [6.07, 6.45) is 0.303. The largest absolute Gasteiger partial charge is 0.504 e. The minimum absolute atomic E-state index is 0.00683. The first-order chi connectivity index (χ1) is 17.8. The van der Waals surface area contributed by atoms with Crippen LogP contribution in [-0.2, 0) is 9.53 Å². The molecule has 2 aromatic rings. The smallest absolute Gasteiger partial charge is 0.337 e. The number of aliphatic hydroxyl groups excluding tert-OH is 1. The Labute approximate surface area is 213 Å². The van der Waals surface area contributed by atoms with Crippen molar-refractivity contribution in [2.45, 2.75) is 26.1 Å². The standard InChI is InChI=1S/C25H30N4O8/c1-5-36-20-11-16(23-22(24(32)35-4)14(2)27-25(33)28-23)7-9-18(20)37-13-21(31)29-26-12-15-6-8-17(30)19(10-15)34-3/h6-12,21,23,29-31H,5,13H2,1-4H3,(H2,27,28,33)/b26-12-/t21-,23+/m1/s1. The Morgan fingerprint density at radius 2 is 1.95 bits per heavy atom. The summed E-state index contributed by atoms with van der Waals surface area (Å²) >= 11 is 0. The zero-order chi connectivity index (χ0) is 26.9. The quantitative estimate of drug-likeness (QED) is 0.131. The average molecular weight is 515 g/mol. The number of hydrogen-bond acceptors (Lipinski definition) is 10. The van der Waals surface area contributed by atoms with E-state index in [1.54, 1.807) is 44.2 Å². The summed E-state index contributed by atoms with van der Waals surface area (Å²) in [6, 6.07) is 8.45. The number of carbonyl (C=O) groups is 2. The van der Waals surface area contributed by atoms with Crippen molar-refractivity contribution in [1.29, 1.82) is 0 Å². The number of aliphatic hydroxyl groups is 1. The van der Waals surface area contributed by atoms with Gasteiger partial charge >= 0.3 is 12.0 Å². The minimum atomic E-state index is -1.15. The monoisotopic (exact) mass is 514 g/mol. The highest BCUT2D eigenvalue weighted by atomic mass is 16.5. The number of allylic oxidation sites excluding steroid dienone is 1. The first-order valence-corrected chi connectivity index (χ1v) is 11.4. The van der Waals surface area contributed by atoms with Gasteiger partial charge in [-0.3, -0.25) is 5.43 Å². The summed E-state index contributed by atoms with van der Waals surface area (Å²) in [7, 11) is 2.71. The molecular weight excluding hydrogens is 484 g/mol. The zero-order valence-corrected chi connectivity index (χ0v) is 20.9. The van der Waals surface area contributed by atoms with E-state index in [1.165, 1.54) is 26.5 Å². The van der Waals surface area contributed by atoms with Crippen LogP contribution in [0.5, 0.6) is 23.0 Å². The van der Waals surface area contributed by atoms with Gasteiger partial charge in [0.05, 0.1) is 38.7 Å². The lowest BCUT2D eigenvalue weighted by Gasteiger charge is -2.28. The van der Waals surface area contributed by atoms with E-state index < -0.39 is 24.3 Å². The minimum Gasteiger partial charge on any atom is -0.504 e. The zero-order valence-electron chi connectivity index (χ0n) is 20.9. The maximum Gasteiger partial charge on any atom is 0.337 e. The van der Waals surface area contributed by atoms with Gasteiger partial charge < -0.3 is 39.8 Å². The van der Waals surface area contributed by atoms with Crippen molar-refractivity contribution in [1.82, 2.24) is 16.1 Å². The molecule has 0 fully saturated rings. The number of urea groups is 1. The fourth-order valence-electron chi connectivity index (χ4n) is 3.59. The number of nitrogens with zero attached hydrogens (tertiary/aromatic N) is 1. The number of hydrogen-bond donors (Lipinski definition) is 5. The van der Waals surface area contributed by atoms with Crippen LogP contribution in [-0.4, -0.2) is 62.1 Å². The third-order valence-electron chi connectivity index (χ3n) is 5.31. The van der Waals surface area contributed by atoms with Crippen LogP contribution in [0.2, 0.25) is 0 Å². The summed E-state index contributed by atoms with van der Waals surface area (Å²) in [5, 5.41) is 29.1. The van der Waals surface area contributed by atoms with E-state index in [-0.39, 0.29) is 17.9 Å². The molecule has 0 saturated heterocycles. The lowest BCUT2D eigenvalue weighted by molar-refractivity contribution is -0.136. The van der Waals surface area contributed by atoms with Gasteiger partial charge in [0.1, 0.15) is 6.61 Å². The Hall–Kier alpha value is -4.45. The van der Waals surface area contributed by atoms with Crippen molar-refractivity contribution in [3.63, 3.8) is 0 Å². The Morgan fingerprint density at radius 3 is 2.65 bits per heavy atom. The van der Waals surface area contributed by atoms with E-state index in [4.69, 9.17) is 18.9 Å². The third kappa shape index (κ3) is 6.82. The number of aromatic hydroxyl groups is 1. The third-order valence-corrected chi connectivity index (χ3v) is 5.31. The molecular formula is C25H30N4O8. The topological polar surface area (TPSA) is 160 Å². The van der Waals surface area contributed by atoms with Crippen molar-refractivity contribution in [2.24, 2.45) is 5.10 Å². The van der Waals surface area contributed by atoms with Crippen molar-refractivity contribution < 1.29 is 38.7 Å². The highest BCUT2D eigenvalue weighted by molar-refractivity contribution is 5.95. The fraction of sp³-hybridized carbons (Fsp3) is 0.320. The maximum absolute atomic E-state index is 12.4. The van der Waals surface area contributed by atoms with Crippen LogP contribution >= 0.6 is 0 Å². The van der Waals surface area contributed by atoms with Gasteiger partial charge in [-0.1, -0.05) is 6.07 Å². The van der Waals surface area contributed by atoms with Crippen LogP contribution in [0.15, 0.2) is 52.8 Å². The number of nitrogens with one attached hydrogen (secondary N) is 3. The first kappa shape index (κ1) is 27.1. The molecule has 37 heavy (non-hydrogen) atoms. The van der Waals surface area contributed by atoms with Gasteiger partial charge in [-0.05, 0) is 55.3 Å². The van der Waals surface area contributed by atoms with Crippen LogP contribution in [0.25, 0.3) is 0 Å². The SMILES string of the molecule is CCOc1cc([C@@H]2NC(=O)NC(C)=C2C(=O)OC)ccc1OC[C@@H](O)N/N=C\c1ccc(O)c(OC)c1. The highest BCUT2D eigenvalue weighted by Gasteiger charge is 2.32. The van der Waals surface area contributed by atoms with E-state index >= 15 is 0 Å². The summed E-state index contributed by atoms with van der Waals surface area (Å²) < 4.78 is 21.3. The van der Waals surface area contributed by atoms with E-state index in [9.17, 15) is 19.8 Å². The summed E-state index contributed by atoms with van der Waals surface area (Å²) in [6.45, 7) is 3.59. The molecule has 2 atom stereocenters. The van der Waals surface area contributed by atoms with Crippen LogP contribution in [0.3, 0.4) is 0 Å². The van der Waals surface area contributed by atoms with E-state index in [0.717, 1.165) is 0 Å². The molecule has 5 N–H and O–H groups in total. The molecule has 12 heteroatoms. The number of esters is 1. The van der Waals surface area contributed by atoms with E-state index in [2.05, 4.69) is 21.2 Å². The Bertz CT molecular complexity index is 1200. The Balaban J connectivity index is 1.70. The maximum atomic E-state index is 12.4. The molecule has 2 aromatic carbocycles. The molecule has 12 nitrogen and oxygen atoms in total. The van der Waals surface area contributed by atoms with Crippen molar-refractivity contribution >= 4 is 18.2 Å². The Kier molecular flexibility index (Phi) is 9.16. The second-order valence-electron chi connectivity index (χ2n) is 7.85. The number of rotatable bonds is 11. The van der Waals surface area contributed by atoms with Crippen LogP contribution in [0.4, 0.5) is 4.79 Å². The van der Waals surface area contributed by atoms with Gasteiger partial charge in [-0.25, -0.2) is 9.59 Å². The van der Waals surface area contributed by atoms with Crippen molar-refractivity contribution in [3.05, 3.63) is 58.8 Å². The molecule has 3 rings (SSSR count). The highest BCUT2D eigenvalue weighted by Crippen LogP contribution is 2.35. The van der Waals surface area contributed by atoms with E-state index in [1.807, 2.05) is 0 Å².